The third-order valence-corrected chi connectivity index (χ3v) is 7.61. The number of carbonyl (C=O) groups is 1. The maximum atomic E-state index is 12.4. The third-order valence-electron chi connectivity index (χ3n) is 4.37. The van der Waals surface area contributed by atoms with Gasteiger partial charge in [-0.25, -0.2) is 8.42 Å². The SMILES string of the molecule is O=C(C1CCC1)N1CCC(c2cccs2)S(=O)(=O)CC1. The summed E-state index contributed by atoms with van der Waals surface area (Å²) in [5.74, 6) is 0.405. The second kappa shape index (κ2) is 5.48. The van der Waals surface area contributed by atoms with E-state index in [0.717, 1.165) is 24.1 Å². The Morgan fingerprint density at radius 2 is 2.05 bits per heavy atom. The number of hydrogen-bond acceptors (Lipinski definition) is 4. The van der Waals surface area contributed by atoms with E-state index >= 15 is 0 Å². The molecule has 0 radical (unpaired) electrons. The summed E-state index contributed by atoms with van der Waals surface area (Å²) >= 11 is 1.49. The van der Waals surface area contributed by atoms with E-state index in [0.29, 0.717) is 19.5 Å². The van der Waals surface area contributed by atoms with Crippen LogP contribution in [-0.2, 0) is 14.6 Å². The second-order valence-electron chi connectivity index (χ2n) is 5.61. The smallest absolute Gasteiger partial charge is 0.225 e. The maximum Gasteiger partial charge on any atom is 0.225 e. The average Bonchev–Trinajstić information content (AvgIpc) is 2.79. The quantitative estimate of drug-likeness (QED) is 0.841. The highest BCUT2D eigenvalue weighted by atomic mass is 32.2. The van der Waals surface area contributed by atoms with Gasteiger partial charge in [-0.15, -0.1) is 11.3 Å². The lowest BCUT2D eigenvalue weighted by Gasteiger charge is -2.30. The summed E-state index contributed by atoms with van der Waals surface area (Å²) < 4.78 is 24.8. The highest BCUT2D eigenvalue weighted by Gasteiger charge is 2.36. The van der Waals surface area contributed by atoms with Gasteiger partial charge in [0.2, 0.25) is 5.91 Å². The Bertz CT molecular complexity index is 576. The highest BCUT2D eigenvalue weighted by molar-refractivity contribution is 7.91. The van der Waals surface area contributed by atoms with Crippen molar-refractivity contribution in [3.05, 3.63) is 22.4 Å². The minimum Gasteiger partial charge on any atom is -0.341 e. The summed E-state index contributed by atoms with van der Waals surface area (Å²) in [6, 6.07) is 3.77. The van der Waals surface area contributed by atoms with Crippen molar-refractivity contribution >= 4 is 27.1 Å². The van der Waals surface area contributed by atoms with E-state index in [2.05, 4.69) is 0 Å². The normalized spacial score (nSPS) is 26.8. The van der Waals surface area contributed by atoms with Gasteiger partial charge in [0.25, 0.3) is 0 Å². The fourth-order valence-corrected chi connectivity index (χ4v) is 5.88. The summed E-state index contributed by atoms with van der Waals surface area (Å²) in [4.78, 5) is 14.9. The monoisotopic (exact) mass is 313 g/mol. The predicted octanol–water partition coefficient (Wildman–Crippen LogP) is 2.24. The fourth-order valence-electron chi connectivity index (χ4n) is 2.87. The molecule has 1 aromatic rings. The van der Waals surface area contributed by atoms with E-state index in [9.17, 15) is 13.2 Å². The van der Waals surface area contributed by atoms with Gasteiger partial charge >= 0.3 is 0 Å². The van der Waals surface area contributed by atoms with Gasteiger partial charge in [-0.05, 0) is 30.7 Å². The van der Waals surface area contributed by atoms with Gasteiger partial charge in [0.1, 0.15) is 0 Å². The summed E-state index contributed by atoms with van der Waals surface area (Å²) in [5, 5.41) is 1.48. The molecule has 1 amide bonds. The maximum absolute atomic E-state index is 12.4. The number of amides is 1. The van der Waals surface area contributed by atoms with Gasteiger partial charge in [0, 0.05) is 23.9 Å². The Morgan fingerprint density at radius 3 is 2.65 bits per heavy atom. The van der Waals surface area contributed by atoms with E-state index in [4.69, 9.17) is 0 Å². The van der Waals surface area contributed by atoms with Crippen LogP contribution >= 0.6 is 11.3 Å². The molecule has 2 heterocycles. The highest BCUT2D eigenvalue weighted by Crippen LogP contribution is 2.34. The molecule has 4 nitrogen and oxygen atoms in total. The molecule has 20 heavy (non-hydrogen) atoms. The van der Waals surface area contributed by atoms with Crippen LogP contribution in [0.1, 0.15) is 35.8 Å². The first-order valence-electron chi connectivity index (χ1n) is 7.12. The summed E-state index contributed by atoms with van der Waals surface area (Å²) in [6.45, 7) is 0.927. The number of thiophene rings is 1. The van der Waals surface area contributed by atoms with Gasteiger partial charge in [-0.1, -0.05) is 12.5 Å². The largest absolute Gasteiger partial charge is 0.341 e. The molecule has 1 atom stereocenters. The van der Waals surface area contributed by atoms with E-state index < -0.39 is 15.1 Å². The van der Waals surface area contributed by atoms with Crippen LogP contribution in [0.25, 0.3) is 0 Å². The Morgan fingerprint density at radius 1 is 1.25 bits per heavy atom. The topological polar surface area (TPSA) is 54.5 Å². The van der Waals surface area contributed by atoms with Crippen LogP contribution in [0.4, 0.5) is 0 Å². The van der Waals surface area contributed by atoms with E-state index in [-0.39, 0.29) is 17.6 Å². The van der Waals surface area contributed by atoms with Crippen molar-refractivity contribution in [3.63, 3.8) is 0 Å². The summed E-state index contributed by atoms with van der Waals surface area (Å²) in [6.07, 6.45) is 3.59. The molecule has 1 aliphatic heterocycles. The van der Waals surface area contributed by atoms with Crippen LogP contribution in [0, 0.1) is 5.92 Å². The van der Waals surface area contributed by atoms with E-state index in [1.807, 2.05) is 17.5 Å². The van der Waals surface area contributed by atoms with Crippen molar-refractivity contribution in [1.29, 1.82) is 0 Å². The first kappa shape index (κ1) is 14.1. The van der Waals surface area contributed by atoms with Gasteiger partial charge in [-0.2, -0.15) is 0 Å². The molecule has 2 fully saturated rings. The molecular formula is C14H19NO3S2. The lowest BCUT2D eigenvalue weighted by Crippen LogP contribution is -2.40. The van der Waals surface area contributed by atoms with Crippen molar-refractivity contribution in [2.24, 2.45) is 5.92 Å². The van der Waals surface area contributed by atoms with Crippen LogP contribution in [0.3, 0.4) is 0 Å². The predicted molar refractivity (Wildman–Crippen MR) is 79.4 cm³/mol. The molecule has 0 aromatic carbocycles. The van der Waals surface area contributed by atoms with Crippen LogP contribution in [-0.4, -0.2) is 38.1 Å². The molecule has 1 saturated carbocycles. The van der Waals surface area contributed by atoms with Gasteiger partial charge in [-0.3, -0.25) is 4.79 Å². The first-order chi connectivity index (χ1) is 9.58. The first-order valence-corrected chi connectivity index (χ1v) is 9.71. The Kier molecular flexibility index (Phi) is 3.86. The zero-order valence-electron chi connectivity index (χ0n) is 11.3. The third kappa shape index (κ3) is 2.63. The van der Waals surface area contributed by atoms with Gasteiger partial charge in [0.15, 0.2) is 9.84 Å². The van der Waals surface area contributed by atoms with Crippen molar-refractivity contribution < 1.29 is 13.2 Å². The zero-order valence-corrected chi connectivity index (χ0v) is 13.0. The number of hydrogen-bond donors (Lipinski definition) is 0. The number of carbonyl (C=O) groups excluding carboxylic acids is 1. The Balaban J connectivity index is 1.75. The lowest BCUT2D eigenvalue weighted by molar-refractivity contribution is -0.137. The summed E-state index contributed by atoms with van der Waals surface area (Å²) in [7, 11) is -3.15. The molecule has 1 unspecified atom stereocenters. The van der Waals surface area contributed by atoms with Crippen molar-refractivity contribution in [3.8, 4) is 0 Å². The number of rotatable bonds is 2. The number of nitrogens with zero attached hydrogens (tertiary/aromatic N) is 1. The van der Waals surface area contributed by atoms with Gasteiger partial charge in [0.05, 0.1) is 11.0 Å². The van der Waals surface area contributed by atoms with Crippen molar-refractivity contribution in [2.45, 2.75) is 30.9 Å². The molecule has 110 valence electrons. The lowest BCUT2D eigenvalue weighted by atomic mass is 9.84. The van der Waals surface area contributed by atoms with Crippen LogP contribution in [0.2, 0.25) is 0 Å². The molecule has 6 heteroatoms. The van der Waals surface area contributed by atoms with E-state index in [1.54, 1.807) is 4.90 Å². The molecule has 1 aliphatic carbocycles. The van der Waals surface area contributed by atoms with Crippen molar-refractivity contribution in [1.82, 2.24) is 4.90 Å². The molecule has 0 N–H and O–H groups in total. The molecular weight excluding hydrogens is 294 g/mol. The minimum atomic E-state index is -3.15. The zero-order chi connectivity index (χ0) is 14.2. The second-order valence-corrected chi connectivity index (χ2v) is 8.90. The molecule has 1 saturated heterocycles. The minimum absolute atomic E-state index is 0.0913. The standard InChI is InChI=1S/C14H19NO3S2/c16-14(11-3-1-4-11)15-7-6-13(12-5-2-9-19-12)20(17,18)10-8-15/h2,5,9,11,13H,1,3-4,6-8,10H2. The number of sulfone groups is 1. The molecule has 0 spiro atoms. The van der Waals surface area contributed by atoms with Gasteiger partial charge < -0.3 is 4.90 Å². The van der Waals surface area contributed by atoms with Crippen LogP contribution in [0.15, 0.2) is 17.5 Å². The van der Waals surface area contributed by atoms with Crippen molar-refractivity contribution in [2.75, 3.05) is 18.8 Å². The Hall–Kier alpha value is -0.880. The van der Waals surface area contributed by atoms with Crippen LogP contribution in [0.5, 0.6) is 0 Å². The molecule has 2 aliphatic rings. The van der Waals surface area contributed by atoms with Crippen LogP contribution < -0.4 is 0 Å². The molecule has 1 aromatic heterocycles. The molecule has 3 rings (SSSR count). The Labute approximate surface area is 123 Å². The summed E-state index contributed by atoms with van der Waals surface area (Å²) in [5.41, 5.74) is 0. The molecule has 0 bridgehead atoms. The average molecular weight is 313 g/mol. The van der Waals surface area contributed by atoms with E-state index in [1.165, 1.54) is 11.3 Å². The fraction of sp³-hybridized carbons (Fsp3) is 0.643.